The van der Waals surface area contributed by atoms with Crippen LogP contribution in [-0.2, 0) is 6.42 Å². The molecule has 2 aromatic carbocycles. The fraction of sp³-hybridized carbons (Fsp3) is 0.105. The summed E-state index contributed by atoms with van der Waals surface area (Å²) in [5, 5.41) is 3.43. The number of carbonyl (C=O) groups is 1. The van der Waals surface area contributed by atoms with Crippen LogP contribution >= 0.6 is 39.5 Å². The molecule has 27 heavy (non-hydrogen) atoms. The number of hydrogen-bond acceptors (Lipinski definition) is 4. The zero-order valence-corrected chi connectivity index (χ0v) is 17.2. The highest BCUT2D eigenvalue weighted by Crippen LogP contribution is 2.24. The van der Waals surface area contributed by atoms with Gasteiger partial charge in [0.05, 0.1) is 10.9 Å². The molecule has 0 fully saturated rings. The Morgan fingerprint density at radius 1 is 1.22 bits per heavy atom. The van der Waals surface area contributed by atoms with E-state index in [2.05, 4.69) is 26.2 Å². The molecule has 2 aromatic heterocycles. The Hall–Kier alpha value is -2.29. The molecule has 0 radical (unpaired) electrons. The minimum Gasteiger partial charge on any atom is -0.351 e. The predicted molar refractivity (Wildman–Crippen MR) is 114 cm³/mol. The molecule has 0 aliphatic rings. The Morgan fingerprint density at radius 3 is 2.78 bits per heavy atom. The maximum atomic E-state index is 12.7. The fourth-order valence-electron chi connectivity index (χ4n) is 2.96. The monoisotopic (exact) mass is 459 g/mol. The lowest BCUT2D eigenvalue weighted by Gasteiger charge is -2.06. The minimum atomic E-state index is -0.252. The summed E-state index contributed by atoms with van der Waals surface area (Å²) in [6.45, 7) is 0.504. The molecular weight excluding hydrogens is 446 g/mol. The molecular formula is C19H14BrN3O2S2. The molecule has 0 atom stereocenters. The largest absolute Gasteiger partial charge is 0.351 e. The van der Waals surface area contributed by atoms with E-state index >= 15 is 0 Å². The summed E-state index contributed by atoms with van der Waals surface area (Å²) in [7, 11) is 0. The van der Waals surface area contributed by atoms with Gasteiger partial charge in [-0.25, -0.2) is 0 Å². The van der Waals surface area contributed by atoms with E-state index in [0.717, 1.165) is 16.5 Å². The number of H-pyrrole nitrogens is 1. The molecule has 0 aliphatic carbocycles. The third-order valence-electron chi connectivity index (χ3n) is 4.23. The second-order valence-electron chi connectivity index (χ2n) is 5.99. The standard InChI is InChI=1S/C19H14BrN3O2S2/c20-12-6-7-14-13(10-12)17(24)22-16-15(27-19(26)23(14)16)18(25)21-9-8-11-4-2-1-3-5-11/h1-7,10H,8-9H2,(H,21,25)(H,22,24). The Bertz CT molecular complexity index is 1280. The van der Waals surface area contributed by atoms with Gasteiger partial charge in [-0.15, -0.1) is 0 Å². The number of nitrogens with zero attached hydrogens (tertiary/aromatic N) is 1. The molecule has 1 amide bonds. The van der Waals surface area contributed by atoms with Crippen LogP contribution in [0.5, 0.6) is 0 Å². The van der Waals surface area contributed by atoms with Crippen molar-refractivity contribution in [1.82, 2.24) is 14.7 Å². The Labute approximate surface area is 171 Å². The van der Waals surface area contributed by atoms with Gasteiger partial charge < -0.3 is 10.3 Å². The molecule has 0 spiro atoms. The van der Waals surface area contributed by atoms with Crippen molar-refractivity contribution < 1.29 is 4.79 Å². The highest BCUT2D eigenvalue weighted by atomic mass is 79.9. The lowest BCUT2D eigenvalue weighted by atomic mass is 10.1. The van der Waals surface area contributed by atoms with Crippen molar-refractivity contribution in [2.45, 2.75) is 6.42 Å². The van der Waals surface area contributed by atoms with Gasteiger partial charge in [-0.3, -0.25) is 14.0 Å². The van der Waals surface area contributed by atoms with Gasteiger partial charge in [0.15, 0.2) is 3.95 Å². The smallest absolute Gasteiger partial charge is 0.265 e. The van der Waals surface area contributed by atoms with Gasteiger partial charge in [0.2, 0.25) is 0 Å². The molecule has 5 nitrogen and oxygen atoms in total. The van der Waals surface area contributed by atoms with Crippen molar-refractivity contribution in [2.24, 2.45) is 0 Å². The van der Waals surface area contributed by atoms with Gasteiger partial charge >= 0.3 is 0 Å². The molecule has 0 aliphatic heterocycles. The van der Waals surface area contributed by atoms with E-state index in [1.807, 2.05) is 42.5 Å². The van der Waals surface area contributed by atoms with E-state index in [0.29, 0.717) is 31.9 Å². The lowest BCUT2D eigenvalue weighted by Crippen LogP contribution is -2.25. The highest BCUT2D eigenvalue weighted by Gasteiger charge is 2.17. The number of thiazole rings is 1. The van der Waals surface area contributed by atoms with E-state index in [1.165, 1.54) is 11.3 Å². The number of aromatic amines is 1. The van der Waals surface area contributed by atoms with Crippen LogP contribution in [0.25, 0.3) is 16.6 Å². The third-order valence-corrected chi connectivity index (χ3v) is 6.10. The zero-order chi connectivity index (χ0) is 19.0. The predicted octanol–water partition coefficient (Wildman–Crippen LogP) is 4.31. The summed E-state index contributed by atoms with van der Waals surface area (Å²) in [4.78, 5) is 28.4. The first-order valence-electron chi connectivity index (χ1n) is 8.24. The molecule has 8 heteroatoms. The van der Waals surface area contributed by atoms with Crippen molar-refractivity contribution in [3.8, 4) is 0 Å². The Kier molecular flexibility index (Phi) is 4.94. The van der Waals surface area contributed by atoms with Crippen LogP contribution in [-0.4, -0.2) is 21.8 Å². The van der Waals surface area contributed by atoms with E-state index in [1.54, 1.807) is 10.5 Å². The number of nitrogens with one attached hydrogen (secondary N) is 2. The number of fused-ring (bicyclic) bond motifs is 3. The number of aromatic nitrogens is 2. The molecule has 0 saturated heterocycles. The number of rotatable bonds is 4. The number of hydrogen-bond donors (Lipinski definition) is 2. The second kappa shape index (κ2) is 7.38. The summed E-state index contributed by atoms with van der Waals surface area (Å²) in [6, 6.07) is 15.4. The van der Waals surface area contributed by atoms with Crippen molar-refractivity contribution in [2.75, 3.05) is 6.54 Å². The van der Waals surface area contributed by atoms with Gasteiger partial charge in [0.1, 0.15) is 10.5 Å². The average molecular weight is 460 g/mol. The van der Waals surface area contributed by atoms with Crippen LogP contribution in [0.3, 0.4) is 0 Å². The second-order valence-corrected chi connectivity index (χ2v) is 8.55. The van der Waals surface area contributed by atoms with Gasteiger partial charge in [0, 0.05) is 11.0 Å². The molecule has 136 valence electrons. The zero-order valence-electron chi connectivity index (χ0n) is 14.0. The van der Waals surface area contributed by atoms with Crippen LogP contribution in [0.4, 0.5) is 0 Å². The molecule has 4 aromatic rings. The SMILES string of the molecule is O=C(NCCc1ccccc1)c1sc(=S)n2c1[nH]c(=O)c1cc(Br)ccc12. The molecule has 0 unspecified atom stereocenters. The lowest BCUT2D eigenvalue weighted by molar-refractivity contribution is 0.0959. The van der Waals surface area contributed by atoms with Crippen LogP contribution in [0, 0.1) is 3.95 Å². The Morgan fingerprint density at radius 2 is 2.00 bits per heavy atom. The summed E-state index contributed by atoms with van der Waals surface area (Å²) in [6.07, 6.45) is 0.733. The molecule has 2 N–H and O–H groups in total. The topological polar surface area (TPSA) is 66.4 Å². The van der Waals surface area contributed by atoms with Crippen molar-refractivity contribution >= 4 is 61.9 Å². The fourth-order valence-corrected chi connectivity index (χ4v) is 4.62. The van der Waals surface area contributed by atoms with Crippen LogP contribution in [0.2, 0.25) is 0 Å². The first kappa shape index (κ1) is 18.1. The van der Waals surface area contributed by atoms with Gasteiger partial charge in [-0.05, 0) is 42.4 Å². The van der Waals surface area contributed by atoms with Crippen molar-refractivity contribution in [1.29, 1.82) is 0 Å². The van der Waals surface area contributed by atoms with E-state index < -0.39 is 0 Å². The third kappa shape index (κ3) is 3.47. The van der Waals surface area contributed by atoms with Gasteiger partial charge in [0.25, 0.3) is 11.5 Å². The Balaban J connectivity index is 1.69. The molecule has 2 heterocycles. The first-order chi connectivity index (χ1) is 13.0. The summed E-state index contributed by atoms with van der Waals surface area (Å²) in [5.74, 6) is -0.239. The number of amides is 1. The summed E-state index contributed by atoms with van der Waals surface area (Å²) in [5.41, 5.74) is 2.01. The van der Waals surface area contributed by atoms with Crippen LogP contribution in [0.1, 0.15) is 15.2 Å². The average Bonchev–Trinajstić information content (AvgIpc) is 2.99. The minimum absolute atomic E-state index is 0.239. The normalized spacial score (nSPS) is 11.1. The van der Waals surface area contributed by atoms with Crippen LogP contribution in [0.15, 0.2) is 57.8 Å². The number of carbonyl (C=O) groups excluding carboxylic acids is 1. The molecule has 0 bridgehead atoms. The first-order valence-corrected chi connectivity index (χ1v) is 10.3. The summed E-state index contributed by atoms with van der Waals surface area (Å²) < 4.78 is 3.07. The maximum Gasteiger partial charge on any atom is 0.265 e. The summed E-state index contributed by atoms with van der Waals surface area (Å²) >= 11 is 10.0. The number of halogens is 1. The molecule has 4 rings (SSSR count). The quantitative estimate of drug-likeness (QED) is 0.446. The van der Waals surface area contributed by atoms with Crippen molar-refractivity contribution in [3.05, 3.63) is 77.8 Å². The van der Waals surface area contributed by atoms with Crippen LogP contribution < -0.4 is 10.9 Å². The molecule has 0 saturated carbocycles. The van der Waals surface area contributed by atoms with E-state index in [4.69, 9.17) is 12.2 Å². The maximum absolute atomic E-state index is 12.7. The van der Waals surface area contributed by atoms with E-state index in [9.17, 15) is 9.59 Å². The van der Waals surface area contributed by atoms with Gasteiger partial charge in [-0.2, -0.15) is 0 Å². The highest BCUT2D eigenvalue weighted by molar-refractivity contribution is 9.10. The van der Waals surface area contributed by atoms with Crippen molar-refractivity contribution in [3.63, 3.8) is 0 Å². The van der Waals surface area contributed by atoms with E-state index in [-0.39, 0.29) is 11.5 Å². The van der Waals surface area contributed by atoms with Gasteiger partial charge in [-0.1, -0.05) is 57.6 Å². The number of benzene rings is 2.